The van der Waals surface area contributed by atoms with Crippen molar-refractivity contribution in [3.8, 4) is 22.3 Å². The van der Waals surface area contributed by atoms with Crippen molar-refractivity contribution in [1.82, 2.24) is 0 Å². The Labute approximate surface area is 270 Å². The molecule has 0 saturated heterocycles. The predicted octanol–water partition coefficient (Wildman–Crippen LogP) is 10.5. The van der Waals surface area contributed by atoms with Crippen LogP contribution < -0.4 is 16.1 Å². The van der Waals surface area contributed by atoms with Gasteiger partial charge in [0.1, 0.15) is 7.85 Å². The van der Waals surface area contributed by atoms with Crippen molar-refractivity contribution in [2.75, 3.05) is 10.6 Å². The highest BCUT2D eigenvalue weighted by atomic mass is 15.0. The molecule has 0 aromatic heterocycles. The zero-order valence-electron chi connectivity index (χ0n) is 26.0. The SMILES string of the molecule is Bc1c2ccccc2c(-c2ccc(C)c3ccccc23)c2cccc(-c3ccccc3Nc3ccccc3Nc3ccccc3)c12. The third-order valence-electron chi connectivity index (χ3n) is 9.19. The van der Waals surface area contributed by atoms with Gasteiger partial charge in [-0.25, -0.2) is 0 Å². The molecule has 0 fully saturated rings. The minimum absolute atomic E-state index is 1.02. The van der Waals surface area contributed by atoms with Crippen molar-refractivity contribution in [1.29, 1.82) is 0 Å². The molecule has 0 aliphatic carbocycles. The summed E-state index contributed by atoms with van der Waals surface area (Å²) in [6.07, 6.45) is 0. The Kier molecular flexibility index (Phi) is 7.00. The Morgan fingerprint density at radius 3 is 1.74 bits per heavy atom. The summed E-state index contributed by atoms with van der Waals surface area (Å²) >= 11 is 0. The molecular weight excluding hydrogens is 555 g/mol. The lowest BCUT2D eigenvalue weighted by Crippen LogP contribution is -2.09. The highest BCUT2D eigenvalue weighted by Gasteiger charge is 2.19. The topological polar surface area (TPSA) is 24.1 Å². The second-order valence-corrected chi connectivity index (χ2v) is 12.0. The number of hydrogen-bond donors (Lipinski definition) is 2. The number of benzene rings is 8. The molecule has 0 bridgehead atoms. The molecule has 0 spiro atoms. The van der Waals surface area contributed by atoms with E-state index in [4.69, 9.17) is 0 Å². The van der Waals surface area contributed by atoms with Gasteiger partial charge in [-0.3, -0.25) is 0 Å². The predicted molar refractivity (Wildman–Crippen MR) is 202 cm³/mol. The average Bonchev–Trinajstić information content (AvgIpc) is 3.11. The van der Waals surface area contributed by atoms with Crippen molar-refractivity contribution in [2.45, 2.75) is 6.92 Å². The Morgan fingerprint density at radius 2 is 0.957 bits per heavy atom. The Balaban J connectivity index is 1.35. The first-order chi connectivity index (χ1) is 22.7. The van der Waals surface area contributed by atoms with E-state index in [1.54, 1.807) is 0 Å². The van der Waals surface area contributed by atoms with Gasteiger partial charge in [0.25, 0.3) is 0 Å². The van der Waals surface area contributed by atoms with Crippen LogP contribution in [0.4, 0.5) is 22.7 Å². The monoisotopic (exact) mass is 588 g/mol. The lowest BCUT2D eigenvalue weighted by Gasteiger charge is -2.21. The van der Waals surface area contributed by atoms with Crippen LogP contribution in [0.25, 0.3) is 54.6 Å². The fourth-order valence-electron chi connectivity index (χ4n) is 7.01. The Morgan fingerprint density at radius 1 is 0.391 bits per heavy atom. The molecule has 2 N–H and O–H groups in total. The van der Waals surface area contributed by atoms with Crippen LogP contribution >= 0.6 is 0 Å². The second-order valence-electron chi connectivity index (χ2n) is 12.0. The number of hydrogen-bond acceptors (Lipinski definition) is 2. The third-order valence-corrected chi connectivity index (χ3v) is 9.19. The maximum absolute atomic E-state index is 3.80. The quantitative estimate of drug-likeness (QED) is 0.149. The largest absolute Gasteiger partial charge is 0.354 e. The van der Waals surface area contributed by atoms with Gasteiger partial charge in [-0.2, -0.15) is 0 Å². The Hall–Kier alpha value is -5.80. The number of nitrogens with one attached hydrogen (secondary N) is 2. The van der Waals surface area contributed by atoms with Crippen LogP contribution in [0.1, 0.15) is 5.56 Å². The molecule has 46 heavy (non-hydrogen) atoms. The minimum Gasteiger partial charge on any atom is -0.354 e. The van der Waals surface area contributed by atoms with Gasteiger partial charge in [-0.1, -0.05) is 133 Å². The number of rotatable bonds is 6. The van der Waals surface area contributed by atoms with E-state index < -0.39 is 0 Å². The fourth-order valence-corrected chi connectivity index (χ4v) is 7.01. The molecule has 0 aliphatic heterocycles. The molecule has 218 valence electrons. The van der Waals surface area contributed by atoms with Crippen molar-refractivity contribution >= 4 is 68.4 Å². The van der Waals surface area contributed by atoms with E-state index in [0.717, 1.165) is 22.7 Å². The van der Waals surface area contributed by atoms with Crippen LogP contribution in [0.5, 0.6) is 0 Å². The van der Waals surface area contributed by atoms with Crippen LogP contribution in [0, 0.1) is 6.92 Å². The molecule has 0 aliphatic rings. The Bertz CT molecular complexity index is 2390. The number of para-hydroxylation sites is 4. The molecule has 0 radical (unpaired) electrons. The van der Waals surface area contributed by atoms with Gasteiger partial charge >= 0.3 is 0 Å². The molecule has 2 nitrogen and oxygen atoms in total. The standard InChI is InChI=1S/C43H33BN2/c1-28-26-27-35(31-17-6-5-16-30(28)31)41-34-19-7-8-20-36(34)43(44)42-33(21-13-22-37(41)42)32-18-9-10-23-38(32)46-40-25-12-11-24-39(40)45-29-14-3-2-4-15-29/h2-27,45-46H,44H2,1H3. The van der Waals surface area contributed by atoms with Gasteiger partial charge in [0.15, 0.2) is 0 Å². The van der Waals surface area contributed by atoms with Gasteiger partial charge in [0, 0.05) is 16.9 Å². The van der Waals surface area contributed by atoms with Gasteiger partial charge in [0.2, 0.25) is 0 Å². The van der Waals surface area contributed by atoms with Crippen molar-refractivity contribution in [3.63, 3.8) is 0 Å². The summed E-state index contributed by atoms with van der Waals surface area (Å²) in [5.74, 6) is 0. The number of anilines is 4. The number of fused-ring (bicyclic) bond motifs is 3. The van der Waals surface area contributed by atoms with E-state index in [2.05, 4.69) is 165 Å². The van der Waals surface area contributed by atoms with E-state index >= 15 is 0 Å². The van der Waals surface area contributed by atoms with Crippen LogP contribution in [0.15, 0.2) is 158 Å². The van der Waals surface area contributed by atoms with E-state index in [1.807, 2.05) is 18.2 Å². The first-order valence-electron chi connectivity index (χ1n) is 15.9. The van der Waals surface area contributed by atoms with Crippen LogP contribution in [-0.4, -0.2) is 7.85 Å². The first-order valence-corrected chi connectivity index (χ1v) is 15.9. The minimum atomic E-state index is 1.02. The molecule has 0 unspecified atom stereocenters. The van der Waals surface area contributed by atoms with Gasteiger partial charge in [-0.05, 0) is 91.8 Å². The molecule has 0 saturated carbocycles. The van der Waals surface area contributed by atoms with E-state index in [9.17, 15) is 0 Å². The highest BCUT2D eigenvalue weighted by Crippen LogP contribution is 2.43. The third kappa shape index (κ3) is 4.78. The van der Waals surface area contributed by atoms with Crippen LogP contribution in [-0.2, 0) is 0 Å². The van der Waals surface area contributed by atoms with Crippen molar-refractivity contribution < 1.29 is 0 Å². The molecule has 8 rings (SSSR count). The van der Waals surface area contributed by atoms with E-state index in [1.165, 1.54) is 65.6 Å². The van der Waals surface area contributed by atoms with Crippen molar-refractivity contribution in [3.05, 3.63) is 163 Å². The van der Waals surface area contributed by atoms with Crippen LogP contribution in [0.3, 0.4) is 0 Å². The lowest BCUT2D eigenvalue weighted by atomic mass is 9.78. The van der Waals surface area contributed by atoms with Gasteiger partial charge in [-0.15, -0.1) is 0 Å². The van der Waals surface area contributed by atoms with Gasteiger partial charge in [0.05, 0.1) is 11.4 Å². The molecule has 8 aromatic carbocycles. The maximum Gasteiger partial charge on any atom is 0.140 e. The zero-order valence-corrected chi connectivity index (χ0v) is 26.0. The summed E-state index contributed by atoms with van der Waals surface area (Å²) in [6, 6.07) is 56.4. The smallest absolute Gasteiger partial charge is 0.140 e. The summed E-state index contributed by atoms with van der Waals surface area (Å²) in [7, 11) is 2.28. The lowest BCUT2D eigenvalue weighted by molar-refractivity contribution is 1.50. The second kappa shape index (κ2) is 11.6. The summed E-state index contributed by atoms with van der Waals surface area (Å²) in [5.41, 5.74) is 11.7. The summed E-state index contributed by atoms with van der Waals surface area (Å²) < 4.78 is 0. The normalized spacial score (nSPS) is 11.2. The summed E-state index contributed by atoms with van der Waals surface area (Å²) in [5, 5.41) is 15.1. The zero-order chi connectivity index (χ0) is 31.0. The molecule has 0 heterocycles. The molecular formula is C43H33BN2. The van der Waals surface area contributed by atoms with Gasteiger partial charge < -0.3 is 10.6 Å². The van der Waals surface area contributed by atoms with E-state index in [0.29, 0.717) is 0 Å². The molecule has 3 heteroatoms. The fraction of sp³-hybridized carbons (Fsp3) is 0.0233. The molecule has 8 aromatic rings. The summed E-state index contributed by atoms with van der Waals surface area (Å²) in [6.45, 7) is 2.20. The van der Waals surface area contributed by atoms with Crippen LogP contribution in [0.2, 0.25) is 0 Å². The van der Waals surface area contributed by atoms with Crippen molar-refractivity contribution in [2.24, 2.45) is 0 Å². The highest BCUT2D eigenvalue weighted by molar-refractivity contribution is 6.48. The first kappa shape index (κ1) is 27.7. The summed E-state index contributed by atoms with van der Waals surface area (Å²) in [4.78, 5) is 0. The average molecular weight is 589 g/mol. The number of aryl methyl sites for hydroxylation is 1. The molecule has 0 atom stereocenters. The molecule has 0 amide bonds. The van der Waals surface area contributed by atoms with E-state index in [-0.39, 0.29) is 0 Å². The maximum atomic E-state index is 3.80.